The van der Waals surface area contributed by atoms with Crippen molar-refractivity contribution in [3.8, 4) is 0 Å². The van der Waals surface area contributed by atoms with Crippen molar-refractivity contribution < 1.29 is 9.47 Å². The third-order valence-electron chi connectivity index (χ3n) is 6.71. The number of nitrogens with zero attached hydrogens (tertiary/aromatic N) is 6. The molecule has 9 nitrogen and oxygen atoms in total. The molecule has 1 N–H and O–H groups in total. The Balaban J connectivity index is 1.47. The van der Waals surface area contributed by atoms with Gasteiger partial charge in [-0.1, -0.05) is 18.2 Å². The topological polar surface area (TPSA) is 82.6 Å². The molecule has 0 amide bonds. The highest BCUT2D eigenvalue weighted by Gasteiger charge is 2.30. The maximum atomic E-state index is 5.69. The monoisotopic (exact) mass is 435 g/mol. The Hall–Kier alpha value is -2.91. The molecule has 0 bridgehead atoms. The summed E-state index contributed by atoms with van der Waals surface area (Å²) >= 11 is 0. The molecule has 1 aromatic carbocycles. The Bertz CT molecular complexity index is 1130. The highest BCUT2D eigenvalue weighted by Crippen LogP contribution is 2.36. The highest BCUT2D eigenvalue weighted by molar-refractivity contribution is 5.88. The zero-order chi connectivity index (χ0) is 21.7. The smallest absolute Gasteiger partial charge is 0.229 e. The molecule has 0 radical (unpaired) electrons. The molecular formula is C23H29N7O2. The molecule has 2 atom stereocenters. The van der Waals surface area contributed by atoms with Gasteiger partial charge >= 0.3 is 0 Å². The normalized spacial score (nSPS) is 23.8. The van der Waals surface area contributed by atoms with Gasteiger partial charge < -0.3 is 29.2 Å². The van der Waals surface area contributed by atoms with Gasteiger partial charge in [0.25, 0.3) is 0 Å². The predicted octanol–water partition coefficient (Wildman–Crippen LogP) is 2.50. The zero-order valence-electron chi connectivity index (χ0n) is 18.6. The number of fused-ring (bicyclic) bond motifs is 2. The van der Waals surface area contributed by atoms with Crippen LogP contribution in [0.5, 0.6) is 0 Å². The number of hydrogen-bond acceptors (Lipinski definition) is 8. The molecule has 0 spiro atoms. The summed E-state index contributed by atoms with van der Waals surface area (Å²) in [6.07, 6.45) is 1.02. The standard InChI is InChI=1S/C23H29N7O2/c1-15-13-31-11-9-28(15)21-19-20(26-23(27-21)29-10-12-32-14-16(29)2)25-22(24-19)30-8-7-17-5-3-4-6-18(17)30/h3-6,15-16H,7-14H2,1-2H3,(H,24,25,26,27)/t15-,16-/m1/s1. The van der Waals surface area contributed by atoms with Crippen molar-refractivity contribution in [2.24, 2.45) is 0 Å². The van der Waals surface area contributed by atoms with E-state index in [0.29, 0.717) is 32.1 Å². The number of aromatic amines is 1. The number of para-hydroxylation sites is 1. The van der Waals surface area contributed by atoms with E-state index in [9.17, 15) is 0 Å². The number of hydrogen-bond donors (Lipinski definition) is 1. The summed E-state index contributed by atoms with van der Waals surface area (Å²) in [6, 6.07) is 8.98. The second-order valence-corrected chi connectivity index (χ2v) is 8.87. The molecule has 9 heteroatoms. The Morgan fingerprint density at radius 1 is 0.906 bits per heavy atom. The van der Waals surface area contributed by atoms with Crippen LogP contribution in [0.25, 0.3) is 11.2 Å². The Labute approximate surface area is 187 Å². The lowest BCUT2D eigenvalue weighted by atomic mass is 10.2. The second kappa shape index (κ2) is 7.90. The summed E-state index contributed by atoms with van der Waals surface area (Å²) in [6.45, 7) is 9.57. The van der Waals surface area contributed by atoms with E-state index >= 15 is 0 Å². The first-order chi connectivity index (χ1) is 15.7. The van der Waals surface area contributed by atoms with Crippen LogP contribution in [0.1, 0.15) is 19.4 Å². The van der Waals surface area contributed by atoms with Crippen LogP contribution in [-0.2, 0) is 15.9 Å². The van der Waals surface area contributed by atoms with Gasteiger partial charge in [0.2, 0.25) is 11.9 Å². The van der Waals surface area contributed by atoms with Crippen molar-refractivity contribution in [3.63, 3.8) is 0 Å². The van der Waals surface area contributed by atoms with Gasteiger partial charge in [0, 0.05) is 25.3 Å². The largest absolute Gasteiger partial charge is 0.377 e. The number of morpholine rings is 2. The van der Waals surface area contributed by atoms with Crippen molar-refractivity contribution in [1.82, 2.24) is 19.9 Å². The van der Waals surface area contributed by atoms with E-state index in [-0.39, 0.29) is 12.1 Å². The molecule has 3 aromatic rings. The molecular weight excluding hydrogens is 406 g/mol. The molecule has 3 aliphatic rings. The number of benzene rings is 1. The van der Waals surface area contributed by atoms with Crippen LogP contribution in [0.3, 0.4) is 0 Å². The molecule has 2 saturated heterocycles. The van der Waals surface area contributed by atoms with Crippen LogP contribution in [0.4, 0.5) is 23.4 Å². The van der Waals surface area contributed by atoms with E-state index < -0.39 is 0 Å². The highest BCUT2D eigenvalue weighted by atomic mass is 16.5. The van der Waals surface area contributed by atoms with Gasteiger partial charge in [-0.25, -0.2) is 0 Å². The van der Waals surface area contributed by atoms with Gasteiger partial charge in [-0.05, 0) is 31.9 Å². The molecule has 168 valence electrons. The van der Waals surface area contributed by atoms with Crippen LogP contribution >= 0.6 is 0 Å². The Kier molecular flexibility index (Phi) is 4.87. The van der Waals surface area contributed by atoms with Crippen molar-refractivity contribution in [2.75, 3.05) is 60.8 Å². The third kappa shape index (κ3) is 3.27. The molecule has 5 heterocycles. The average Bonchev–Trinajstić information content (AvgIpc) is 3.43. The molecule has 0 aliphatic carbocycles. The molecule has 0 saturated carbocycles. The number of imidazole rings is 1. The fraction of sp³-hybridized carbons (Fsp3) is 0.522. The van der Waals surface area contributed by atoms with Crippen molar-refractivity contribution >= 4 is 34.6 Å². The molecule has 3 aliphatic heterocycles. The van der Waals surface area contributed by atoms with E-state index in [2.05, 4.69) is 57.8 Å². The molecule has 6 rings (SSSR count). The lowest BCUT2D eigenvalue weighted by Gasteiger charge is -2.36. The number of nitrogens with one attached hydrogen (secondary N) is 1. The Morgan fingerprint density at radius 2 is 1.66 bits per heavy atom. The number of ether oxygens (including phenoxy) is 2. The van der Waals surface area contributed by atoms with E-state index in [1.807, 2.05) is 0 Å². The number of rotatable bonds is 3. The minimum absolute atomic E-state index is 0.222. The summed E-state index contributed by atoms with van der Waals surface area (Å²) in [7, 11) is 0. The fourth-order valence-corrected chi connectivity index (χ4v) is 4.95. The van der Waals surface area contributed by atoms with Crippen LogP contribution in [-0.4, -0.2) is 78.1 Å². The van der Waals surface area contributed by atoms with Crippen LogP contribution < -0.4 is 14.7 Å². The van der Waals surface area contributed by atoms with E-state index in [1.54, 1.807) is 0 Å². The first-order valence-electron chi connectivity index (χ1n) is 11.5. The quantitative estimate of drug-likeness (QED) is 0.672. The first kappa shape index (κ1) is 19.8. The minimum atomic E-state index is 0.222. The summed E-state index contributed by atoms with van der Waals surface area (Å²) in [5.41, 5.74) is 4.16. The summed E-state index contributed by atoms with van der Waals surface area (Å²) in [5.74, 6) is 2.46. The van der Waals surface area contributed by atoms with Gasteiger partial charge in [0.15, 0.2) is 11.5 Å². The number of H-pyrrole nitrogens is 1. The van der Waals surface area contributed by atoms with Crippen LogP contribution in [0.15, 0.2) is 24.3 Å². The fourth-order valence-electron chi connectivity index (χ4n) is 4.95. The van der Waals surface area contributed by atoms with Crippen molar-refractivity contribution in [1.29, 1.82) is 0 Å². The third-order valence-corrected chi connectivity index (χ3v) is 6.71. The molecule has 2 aromatic heterocycles. The molecule has 0 unspecified atom stereocenters. The van der Waals surface area contributed by atoms with Gasteiger partial charge in [-0.15, -0.1) is 0 Å². The lowest BCUT2D eigenvalue weighted by molar-refractivity contribution is 0.0973. The van der Waals surface area contributed by atoms with E-state index in [4.69, 9.17) is 24.4 Å². The average molecular weight is 436 g/mol. The summed E-state index contributed by atoms with van der Waals surface area (Å²) < 4.78 is 11.3. The Morgan fingerprint density at radius 3 is 2.44 bits per heavy atom. The van der Waals surface area contributed by atoms with E-state index in [0.717, 1.165) is 49.3 Å². The van der Waals surface area contributed by atoms with Crippen molar-refractivity contribution in [2.45, 2.75) is 32.4 Å². The van der Waals surface area contributed by atoms with Crippen molar-refractivity contribution in [3.05, 3.63) is 29.8 Å². The number of aromatic nitrogens is 4. The zero-order valence-corrected chi connectivity index (χ0v) is 18.6. The second-order valence-electron chi connectivity index (χ2n) is 8.87. The number of anilines is 4. The van der Waals surface area contributed by atoms with Gasteiger partial charge in [-0.3, -0.25) is 0 Å². The van der Waals surface area contributed by atoms with Crippen LogP contribution in [0.2, 0.25) is 0 Å². The summed E-state index contributed by atoms with van der Waals surface area (Å²) in [4.78, 5) is 25.3. The first-order valence-corrected chi connectivity index (χ1v) is 11.5. The van der Waals surface area contributed by atoms with Gasteiger partial charge in [0.1, 0.15) is 5.52 Å². The lowest BCUT2D eigenvalue weighted by Crippen LogP contribution is -2.46. The predicted molar refractivity (Wildman–Crippen MR) is 124 cm³/mol. The summed E-state index contributed by atoms with van der Waals surface area (Å²) in [5, 5.41) is 0. The minimum Gasteiger partial charge on any atom is -0.377 e. The SMILES string of the molecule is C[C@@H]1COCCN1c1nc(N2CCOC[C@H]2C)c2[nH]c(N3CCc4ccccc43)nc2n1. The molecule has 2 fully saturated rings. The van der Waals surface area contributed by atoms with Crippen LogP contribution in [0, 0.1) is 0 Å². The van der Waals surface area contributed by atoms with E-state index in [1.165, 1.54) is 11.3 Å². The van der Waals surface area contributed by atoms with Gasteiger partial charge in [-0.2, -0.15) is 15.0 Å². The maximum absolute atomic E-state index is 5.69. The van der Waals surface area contributed by atoms with Gasteiger partial charge in [0.05, 0.1) is 38.5 Å². The maximum Gasteiger partial charge on any atom is 0.229 e. The molecule has 32 heavy (non-hydrogen) atoms.